The standard InChI is InChI=1S/C28H24ClF4N5O4/c1-2-42-28(41)21-24(13-3-6-19-14(9-13)12-38(37-19)8-7-20(39)40)35-27(26-18(32)10-15(30)11-34-26)36-25(21)16-4-5-17(31)23(33)22(16)29/h4-5,10-13,25H,2-3,6-9H2,1H3,(H,35,36)(H,39,40). The number of ether oxygens (including phenoxy) is 1. The van der Waals surface area contributed by atoms with E-state index in [1.807, 2.05) is 0 Å². The molecule has 0 bridgehead atoms. The number of allylic oxidation sites excluding steroid dienone is 1. The number of carbonyl (C=O) groups excluding carboxylic acids is 1. The lowest BCUT2D eigenvalue weighted by molar-refractivity contribution is -0.139. The van der Waals surface area contributed by atoms with Crippen LogP contribution in [0.3, 0.4) is 0 Å². The number of hydrogen-bond acceptors (Lipinski definition) is 7. The van der Waals surface area contributed by atoms with Crippen molar-refractivity contribution >= 4 is 29.4 Å². The molecule has 2 unspecified atom stereocenters. The van der Waals surface area contributed by atoms with E-state index in [0.717, 1.165) is 23.5 Å². The number of halogens is 5. The zero-order chi connectivity index (χ0) is 30.1. The van der Waals surface area contributed by atoms with Gasteiger partial charge in [0.2, 0.25) is 0 Å². The summed E-state index contributed by atoms with van der Waals surface area (Å²) in [5.74, 6) is -6.89. The Morgan fingerprint density at radius 1 is 1.21 bits per heavy atom. The van der Waals surface area contributed by atoms with Crippen LogP contribution in [-0.4, -0.2) is 44.3 Å². The van der Waals surface area contributed by atoms with E-state index in [4.69, 9.17) is 21.4 Å². The van der Waals surface area contributed by atoms with Crippen molar-refractivity contribution in [3.63, 3.8) is 0 Å². The predicted molar refractivity (Wildman–Crippen MR) is 142 cm³/mol. The summed E-state index contributed by atoms with van der Waals surface area (Å²) in [7, 11) is 0. The molecule has 5 rings (SSSR count). The number of carboxylic acid groups (broad SMARTS) is 1. The van der Waals surface area contributed by atoms with E-state index in [1.165, 1.54) is 6.07 Å². The molecule has 9 nitrogen and oxygen atoms in total. The minimum absolute atomic E-state index is 0.0102. The Hall–Kier alpha value is -4.26. The number of rotatable bonds is 8. The second kappa shape index (κ2) is 11.9. The number of carboxylic acids is 1. The van der Waals surface area contributed by atoms with Gasteiger partial charge >= 0.3 is 11.9 Å². The van der Waals surface area contributed by atoms with E-state index in [1.54, 1.807) is 17.8 Å². The lowest BCUT2D eigenvalue weighted by atomic mass is 9.81. The first-order valence-electron chi connectivity index (χ1n) is 13.0. The van der Waals surface area contributed by atoms with Crippen molar-refractivity contribution in [2.24, 2.45) is 10.9 Å². The van der Waals surface area contributed by atoms with Crippen LogP contribution in [0.1, 0.15) is 48.3 Å². The SMILES string of the molecule is CCOC(=O)C1=C(C2CCc3nn(CCC(=O)O)cc3C2)NC(c2ncc(F)cc2F)=NC1c1ccc(F)c(F)c1Cl. The second-order valence-corrected chi connectivity index (χ2v) is 10.1. The van der Waals surface area contributed by atoms with Crippen LogP contribution in [0.25, 0.3) is 0 Å². The largest absolute Gasteiger partial charge is 0.481 e. The number of aromatic nitrogens is 3. The first-order valence-corrected chi connectivity index (χ1v) is 13.4. The summed E-state index contributed by atoms with van der Waals surface area (Å²) in [5.41, 5.74) is 1.38. The number of pyridine rings is 1. The molecule has 0 saturated carbocycles. The van der Waals surface area contributed by atoms with Crippen LogP contribution >= 0.6 is 11.6 Å². The van der Waals surface area contributed by atoms with E-state index in [0.29, 0.717) is 25.3 Å². The molecule has 2 N–H and O–H groups in total. The summed E-state index contributed by atoms with van der Waals surface area (Å²) < 4.78 is 64.1. The number of nitrogens with one attached hydrogen (secondary N) is 1. The summed E-state index contributed by atoms with van der Waals surface area (Å²) in [6.07, 6.45) is 3.68. The van der Waals surface area contributed by atoms with Gasteiger partial charge in [-0.2, -0.15) is 5.10 Å². The van der Waals surface area contributed by atoms with Gasteiger partial charge in [0, 0.05) is 29.4 Å². The van der Waals surface area contributed by atoms with Crippen molar-refractivity contribution in [3.05, 3.63) is 92.7 Å². The number of nitrogens with zero attached hydrogens (tertiary/aromatic N) is 4. The average Bonchev–Trinajstić information content (AvgIpc) is 3.37. The van der Waals surface area contributed by atoms with E-state index in [-0.39, 0.29) is 47.9 Å². The van der Waals surface area contributed by atoms with Crippen LogP contribution in [0, 0.1) is 29.2 Å². The highest BCUT2D eigenvalue weighted by atomic mass is 35.5. The normalized spacial score (nSPS) is 18.3. The Morgan fingerprint density at radius 3 is 2.71 bits per heavy atom. The number of hydrogen-bond donors (Lipinski definition) is 2. The van der Waals surface area contributed by atoms with Crippen LogP contribution in [0.15, 0.2) is 46.9 Å². The van der Waals surface area contributed by atoms with Crippen LogP contribution in [0.2, 0.25) is 5.02 Å². The Labute approximate surface area is 241 Å². The van der Waals surface area contributed by atoms with Crippen molar-refractivity contribution in [1.82, 2.24) is 20.1 Å². The lowest BCUT2D eigenvalue weighted by Crippen LogP contribution is -2.39. The maximum atomic E-state index is 14.9. The molecular formula is C28H24ClF4N5O4. The highest BCUT2D eigenvalue weighted by Crippen LogP contribution is 2.41. The number of fused-ring (bicyclic) bond motifs is 1. The van der Waals surface area contributed by atoms with Gasteiger partial charge in [0.15, 0.2) is 23.3 Å². The van der Waals surface area contributed by atoms with Gasteiger partial charge in [-0.05, 0) is 37.8 Å². The molecule has 0 radical (unpaired) electrons. The number of aryl methyl sites for hydroxylation is 2. The monoisotopic (exact) mass is 605 g/mol. The first-order chi connectivity index (χ1) is 20.1. The summed E-state index contributed by atoms with van der Waals surface area (Å²) in [6.45, 7) is 1.76. The summed E-state index contributed by atoms with van der Waals surface area (Å²) in [6, 6.07) is 1.28. The Morgan fingerprint density at radius 2 is 2.00 bits per heavy atom. The number of aliphatic imine (C=N–C) groups is 1. The van der Waals surface area contributed by atoms with Gasteiger partial charge < -0.3 is 15.2 Å². The van der Waals surface area contributed by atoms with E-state index >= 15 is 0 Å². The third-order valence-corrected chi connectivity index (χ3v) is 7.43. The van der Waals surface area contributed by atoms with Gasteiger partial charge in [-0.1, -0.05) is 17.7 Å². The van der Waals surface area contributed by atoms with E-state index in [9.17, 15) is 27.2 Å². The molecule has 1 aromatic carbocycles. The minimum atomic E-state index is -1.36. The molecule has 1 aliphatic carbocycles. The van der Waals surface area contributed by atoms with Gasteiger partial charge in [0.1, 0.15) is 17.6 Å². The maximum Gasteiger partial charge on any atom is 0.338 e. The number of aliphatic carboxylic acids is 1. The molecule has 0 fully saturated rings. The zero-order valence-electron chi connectivity index (χ0n) is 22.1. The highest BCUT2D eigenvalue weighted by molar-refractivity contribution is 6.31. The topological polar surface area (TPSA) is 119 Å². The molecule has 1 aliphatic heterocycles. The molecule has 0 saturated heterocycles. The Balaban J connectivity index is 1.64. The van der Waals surface area contributed by atoms with Gasteiger partial charge in [0.25, 0.3) is 0 Å². The van der Waals surface area contributed by atoms with E-state index < -0.39 is 52.2 Å². The Kier molecular flexibility index (Phi) is 8.30. The van der Waals surface area contributed by atoms with Crippen LogP contribution in [0.4, 0.5) is 17.6 Å². The van der Waals surface area contributed by atoms with Gasteiger partial charge in [-0.3, -0.25) is 14.5 Å². The highest BCUT2D eigenvalue weighted by Gasteiger charge is 2.39. The van der Waals surface area contributed by atoms with Crippen molar-refractivity contribution in [1.29, 1.82) is 0 Å². The van der Waals surface area contributed by atoms with Crippen molar-refractivity contribution in [3.8, 4) is 0 Å². The molecule has 2 atom stereocenters. The predicted octanol–water partition coefficient (Wildman–Crippen LogP) is 4.68. The van der Waals surface area contributed by atoms with Crippen molar-refractivity contribution in [2.45, 2.75) is 45.2 Å². The lowest BCUT2D eigenvalue weighted by Gasteiger charge is -2.33. The van der Waals surface area contributed by atoms with Crippen molar-refractivity contribution in [2.75, 3.05) is 6.61 Å². The van der Waals surface area contributed by atoms with Crippen LogP contribution < -0.4 is 5.32 Å². The molecule has 14 heteroatoms. The quantitative estimate of drug-likeness (QED) is 0.217. The Bertz CT molecular complexity index is 1640. The average molecular weight is 606 g/mol. The molecule has 2 aliphatic rings. The van der Waals surface area contributed by atoms with Crippen LogP contribution in [-0.2, 0) is 33.7 Å². The molecule has 42 heavy (non-hydrogen) atoms. The number of esters is 1. The molecule has 3 heterocycles. The van der Waals surface area contributed by atoms with Gasteiger partial charge in [-0.15, -0.1) is 0 Å². The minimum Gasteiger partial charge on any atom is -0.481 e. The number of benzene rings is 1. The molecular weight excluding hydrogens is 582 g/mol. The van der Waals surface area contributed by atoms with Gasteiger partial charge in [-0.25, -0.2) is 27.3 Å². The fraction of sp³-hybridized carbons (Fsp3) is 0.321. The smallest absolute Gasteiger partial charge is 0.338 e. The summed E-state index contributed by atoms with van der Waals surface area (Å²) in [4.78, 5) is 32.7. The first kappa shape index (κ1) is 29.2. The third kappa shape index (κ3) is 5.73. The molecule has 2 aromatic heterocycles. The third-order valence-electron chi connectivity index (χ3n) is 7.05. The summed E-state index contributed by atoms with van der Waals surface area (Å²) >= 11 is 6.21. The van der Waals surface area contributed by atoms with Crippen molar-refractivity contribution < 1.29 is 37.0 Å². The number of amidine groups is 1. The maximum absolute atomic E-state index is 14.9. The van der Waals surface area contributed by atoms with Gasteiger partial charge in [0.05, 0.1) is 42.1 Å². The molecule has 3 aromatic rings. The fourth-order valence-electron chi connectivity index (χ4n) is 5.14. The zero-order valence-corrected chi connectivity index (χ0v) is 22.9. The van der Waals surface area contributed by atoms with Crippen LogP contribution in [0.5, 0.6) is 0 Å². The van der Waals surface area contributed by atoms with E-state index in [2.05, 4.69) is 20.4 Å². The molecule has 0 amide bonds. The fourth-order valence-corrected chi connectivity index (χ4v) is 5.40. The summed E-state index contributed by atoms with van der Waals surface area (Å²) in [5, 5.41) is 15.9. The second-order valence-electron chi connectivity index (χ2n) is 9.75. The molecule has 0 spiro atoms. The number of carbonyl (C=O) groups is 2. The molecule has 220 valence electrons.